The summed E-state index contributed by atoms with van der Waals surface area (Å²) in [5, 5.41) is 9.40. The van der Waals surface area contributed by atoms with E-state index in [4.69, 9.17) is 0 Å². The number of carbonyl (C=O) groups is 1. The average Bonchev–Trinajstić information content (AvgIpc) is 2.29. The predicted molar refractivity (Wildman–Crippen MR) is 65.9 cm³/mol. The van der Waals surface area contributed by atoms with Crippen molar-refractivity contribution in [3.05, 3.63) is 0 Å². The van der Waals surface area contributed by atoms with Gasteiger partial charge in [0.2, 0.25) is 0 Å². The number of nitrogens with zero attached hydrogens (tertiary/aromatic N) is 1. The van der Waals surface area contributed by atoms with E-state index in [2.05, 4.69) is 6.92 Å². The number of hydrogen-bond donors (Lipinski definition) is 1. The minimum absolute atomic E-state index is 0.145. The summed E-state index contributed by atoms with van der Waals surface area (Å²) in [4.78, 5) is 13.0. The van der Waals surface area contributed by atoms with Crippen LogP contribution in [0.1, 0.15) is 39.0 Å². The number of carboxylic acids is 1. The molecule has 0 heterocycles. The van der Waals surface area contributed by atoms with E-state index in [1.807, 2.05) is 0 Å². The zero-order valence-corrected chi connectivity index (χ0v) is 11.5. The summed E-state index contributed by atoms with van der Waals surface area (Å²) in [6.07, 6.45) is -2.31. The molecule has 0 amide bonds. The zero-order chi connectivity index (χ0) is 14.7. The fourth-order valence-corrected chi connectivity index (χ4v) is 2.67. The van der Waals surface area contributed by atoms with Gasteiger partial charge in [0.1, 0.15) is 0 Å². The maximum absolute atomic E-state index is 12.2. The van der Waals surface area contributed by atoms with Crippen molar-refractivity contribution in [2.24, 2.45) is 11.3 Å². The van der Waals surface area contributed by atoms with Gasteiger partial charge in [0.15, 0.2) is 0 Å². The molecule has 0 aromatic heterocycles. The van der Waals surface area contributed by atoms with Gasteiger partial charge in [-0.2, -0.15) is 13.2 Å². The molecule has 1 N–H and O–H groups in total. The minimum atomic E-state index is -4.19. The Hall–Kier alpha value is -0.780. The van der Waals surface area contributed by atoms with E-state index in [1.54, 1.807) is 7.05 Å². The third-order valence-electron chi connectivity index (χ3n) is 4.03. The van der Waals surface area contributed by atoms with Gasteiger partial charge < -0.3 is 10.0 Å². The van der Waals surface area contributed by atoms with Gasteiger partial charge in [-0.25, -0.2) is 0 Å². The first-order valence-electron chi connectivity index (χ1n) is 6.63. The molecule has 0 aromatic carbocycles. The minimum Gasteiger partial charge on any atom is -0.481 e. The smallest absolute Gasteiger partial charge is 0.390 e. The van der Waals surface area contributed by atoms with Crippen LogP contribution in [-0.2, 0) is 4.79 Å². The van der Waals surface area contributed by atoms with Gasteiger partial charge in [-0.1, -0.05) is 6.92 Å². The number of aliphatic carboxylic acids is 1. The SMILES string of the molecule is CC1CCC(CN(C)CCC(F)(F)F)(C(=O)O)CC1. The van der Waals surface area contributed by atoms with E-state index in [-0.39, 0.29) is 13.1 Å². The lowest BCUT2D eigenvalue weighted by molar-refractivity contribution is -0.154. The Bertz CT molecular complexity index is 310. The van der Waals surface area contributed by atoms with Gasteiger partial charge in [0.05, 0.1) is 11.8 Å². The van der Waals surface area contributed by atoms with Gasteiger partial charge in [0, 0.05) is 13.1 Å². The Morgan fingerprint density at radius 3 is 2.32 bits per heavy atom. The van der Waals surface area contributed by atoms with E-state index in [0.717, 1.165) is 12.8 Å². The van der Waals surface area contributed by atoms with E-state index in [1.165, 1.54) is 4.90 Å². The lowest BCUT2D eigenvalue weighted by Gasteiger charge is -2.38. The second-order valence-electron chi connectivity index (χ2n) is 5.87. The number of alkyl halides is 3. The molecular weight excluding hydrogens is 259 g/mol. The number of rotatable bonds is 5. The lowest BCUT2D eigenvalue weighted by atomic mass is 9.70. The molecule has 6 heteroatoms. The summed E-state index contributed by atoms with van der Waals surface area (Å²) in [7, 11) is 1.56. The van der Waals surface area contributed by atoms with Crippen molar-refractivity contribution in [2.45, 2.75) is 45.2 Å². The number of carboxylic acid groups (broad SMARTS) is 1. The first kappa shape index (κ1) is 16.3. The van der Waals surface area contributed by atoms with E-state index >= 15 is 0 Å². The summed E-state index contributed by atoms with van der Waals surface area (Å²) in [6, 6.07) is 0. The van der Waals surface area contributed by atoms with Crippen molar-refractivity contribution in [3.8, 4) is 0 Å². The van der Waals surface area contributed by atoms with Crippen molar-refractivity contribution in [1.82, 2.24) is 4.90 Å². The molecule has 0 bridgehead atoms. The van der Waals surface area contributed by atoms with Crippen LogP contribution in [0, 0.1) is 11.3 Å². The molecule has 1 rings (SSSR count). The van der Waals surface area contributed by atoms with Crippen LogP contribution < -0.4 is 0 Å². The van der Waals surface area contributed by atoms with Gasteiger partial charge in [-0.05, 0) is 38.6 Å². The van der Waals surface area contributed by atoms with Crippen molar-refractivity contribution >= 4 is 5.97 Å². The van der Waals surface area contributed by atoms with Gasteiger partial charge >= 0.3 is 12.1 Å². The molecule has 0 saturated heterocycles. The highest BCUT2D eigenvalue weighted by Crippen LogP contribution is 2.39. The molecule has 1 aliphatic carbocycles. The standard InChI is InChI=1S/C13H22F3NO2/c1-10-3-5-12(6-4-10,11(18)19)9-17(2)8-7-13(14,15)16/h10H,3-9H2,1-2H3,(H,18,19). The third kappa shape index (κ3) is 5.01. The van der Waals surface area contributed by atoms with E-state index in [9.17, 15) is 23.1 Å². The maximum atomic E-state index is 12.2. The maximum Gasteiger partial charge on any atom is 0.390 e. The van der Waals surface area contributed by atoms with Gasteiger partial charge in [-0.15, -0.1) is 0 Å². The molecule has 19 heavy (non-hydrogen) atoms. The highest BCUT2D eigenvalue weighted by atomic mass is 19.4. The molecule has 0 aromatic rings. The highest BCUT2D eigenvalue weighted by Gasteiger charge is 2.42. The molecule has 1 fully saturated rings. The van der Waals surface area contributed by atoms with Crippen molar-refractivity contribution in [3.63, 3.8) is 0 Å². The topological polar surface area (TPSA) is 40.5 Å². The van der Waals surface area contributed by atoms with Crippen LogP contribution in [0.15, 0.2) is 0 Å². The monoisotopic (exact) mass is 281 g/mol. The largest absolute Gasteiger partial charge is 0.481 e. The van der Waals surface area contributed by atoms with Crippen LogP contribution in [-0.4, -0.2) is 42.3 Å². The summed E-state index contributed by atoms with van der Waals surface area (Å²) < 4.78 is 36.5. The Kier molecular flexibility index (Phi) is 5.24. The zero-order valence-electron chi connectivity index (χ0n) is 11.5. The van der Waals surface area contributed by atoms with Crippen molar-refractivity contribution in [1.29, 1.82) is 0 Å². The van der Waals surface area contributed by atoms with Crippen LogP contribution >= 0.6 is 0 Å². The summed E-state index contributed by atoms with van der Waals surface area (Å²) in [5.41, 5.74) is -0.868. The Balaban J connectivity index is 2.57. The van der Waals surface area contributed by atoms with Crippen LogP contribution in [0.2, 0.25) is 0 Å². The molecule has 1 saturated carbocycles. The highest BCUT2D eigenvalue weighted by molar-refractivity contribution is 5.75. The molecule has 0 aliphatic heterocycles. The quantitative estimate of drug-likeness (QED) is 0.841. The van der Waals surface area contributed by atoms with Crippen LogP contribution in [0.3, 0.4) is 0 Å². The van der Waals surface area contributed by atoms with E-state index < -0.39 is 24.0 Å². The van der Waals surface area contributed by atoms with Crippen LogP contribution in [0.25, 0.3) is 0 Å². The molecule has 0 spiro atoms. The molecule has 0 unspecified atom stereocenters. The first-order valence-corrected chi connectivity index (χ1v) is 6.63. The van der Waals surface area contributed by atoms with Gasteiger partial charge in [0.25, 0.3) is 0 Å². The summed E-state index contributed by atoms with van der Waals surface area (Å²) in [5.74, 6) is -0.369. The second-order valence-corrected chi connectivity index (χ2v) is 5.87. The molecular formula is C13H22F3NO2. The average molecular weight is 281 g/mol. The molecule has 0 radical (unpaired) electrons. The fraction of sp³-hybridized carbons (Fsp3) is 0.923. The summed E-state index contributed by atoms with van der Waals surface area (Å²) >= 11 is 0. The number of halogens is 3. The van der Waals surface area contributed by atoms with Crippen molar-refractivity contribution < 1.29 is 23.1 Å². The molecule has 112 valence electrons. The van der Waals surface area contributed by atoms with Crippen LogP contribution in [0.5, 0.6) is 0 Å². The Labute approximate surface area is 111 Å². The normalized spacial score (nSPS) is 28.6. The third-order valence-corrected chi connectivity index (χ3v) is 4.03. The molecule has 0 atom stereocenters. The lowest BCUT2D eigenvalue weighted by Crippen LogP contribution is -2.44. The molecule has 1 aliphatic rings. The Morgan fingerprint density at radius 2 is 1.89 bits per heavy atom. The summed E-state index contributed by atoms with van der Waals surface area (Å²) in [6.45, 7) is 2.14. The number of hydrogen-bond acceptors (Lipinski definition) is 2. The predicted octanol–water partition coefficient (Wildman–Crippen LogP) is 3.15. The first-order chi connectivity index (χ1) is 8.65. The second kappa shape index (κ2) is 6.11. The Morgan fingerprint density at radius 1 is 1.37 bits per heavy atom. The molecule has 3 nitrogen and oxygen atoms in total. The van der Waals surface area contributed by atoms with Gasteiger partial charge in [-0.3, -0.25) is 4.79 Å². The van der Waals surface area contributed by atoms with Crippen LogP contribution in [0.4, 0.5) is 13.2 Å². The fourth-order valence-electron chi connectivity index (χ4n) is 2.67. The van der Waals surface area contributed by atoms with Crippen molar-refractivity contribution in [2.75, 3.05) is 20.1 Å². The van der Waals surface area contributed by atoms with E-state index in [0.29, 0.717) is 18.8 Å².